The number of rotatable bonds is 6. The molecule has 7 heteroatoms. The minimum absolute atomic E-state index is 0.0550. The Balaban J connectivity index is 2.00. The Morgan fingerprint density at radius 2 is 1.87 bits per heavy atom. The third kappa shape index (κ3) is 4.79. The van der Waals surface area contributed by atoms with E-state index in [1.54, 1.807) is 37.3 Å². The molecule has 2 rings (SSSR count). The highest BCUT2D eigenvalue weighted by Gasteiger charge is 2.10. The number of amides is 1. The Hall–Kier alpha value is -2.41. The van der Waals surface area contributed by atoms with Crippen LogP contribution >= 0.6 is 0 Å². The fourth-order valence-electron chi connectivity index (χ4n) is 1.97. The lowest BCUT2D eigenvalue weighted by atomic mass is 10.1. The molecule has 1 heterocycles. The van der Waals surface area contributed by atoms with E-state index in [0.29, 0.717) is 11.4 Å². The summed E-state index contributed by atoms with van der Waals surface area (Å²) in [6, 6.07) is 12.2. The average molecular weight is 333 g/mol. The zero-order valence-electron chi connectivity index (χ0n) is 12.8. The molecule has 6 nitrogen and oxygen atoms in total. The number of nitrogen functional groups attached to an aromatic ring is 1. The second-order valence-electron chi connectivity index (χ2n) is 5.02. The Kier molecular flexibility index (Phi) is 5.33. The molecule has 0 aliphatic rings. The molecule has 1 amide bonds. The van der Waals surface area contributed by atoms with Crippen molar-refractivity contribution in [2.24, 2.45) is 0 Å². The van der Waals surface area contributed by atoms with E-state index in [1.165, 1.54) is 0 Å². The molecule has 23 heavy (non-hydrogen) atoms. The van der Waals surface area contributed by atoms with Gasteiger partial charge in [0.05, 0.1) is 11.4 Å². The summed E-state index contributed by atoms with van der Waals surface area (Å²) in [5, 5.41) is 2.60. The van der Waals surface area contributed by atoms with Gasteiger partial charge >= 0.3 is 0 Å². The van der Waals surface area contributed by atoms with Gasteiger partial charge in [0.1, 0.15) is 5.82 Å². The van der Waals surface area contributed by atoms with E-state index in [-0.39, 0.29) is 24.0 Å². The van der Waals surface area contributed by atoms with Crippen molar-refractivity contribution in [2.45, 2.75) is 6.92 Å². The van der Waals surface area contributed by atoms with Gasteiger partial charge in [0, 0.05) is 23.4 Å². The Bertz CT molecular complexity index is 786. The van der Waals surface area contributed by atoms with E-state index >= 15 is 0 Å². The lowest BCUT2D eigenvalue weighted by Gasteiger charge is -2.07. The van der Waals surface area contributed by atoms with Crippen molar-refractivity contribution < 1.29 is 13.2 Å². The van der Waals surface area contributed by atoms with Crippen LogP contribution in [0.15, 0.2) is 42.5 Å². The molecule has 0 atom stereocenters. The van der Waals surface area contributed by atoms with Crippen molar-refractivity contribution in [1.29, 1.82) is 0 Å². The van der Waals surface area contributed by atoms with Gasteiger partial charge in [-0.05, 0) is 24.3 Å². The van der Waals surface area contributed by atoms with E-state index in [2.05, 4.69) is 10.3 Å². The molecular formula is C16H19N3O3S. The van der Waals surface area contributed by atoms with Crippen LogP contribution in [0.5, 0.6) is 0 Å². The largest absolute Gasteiger partial charge is 0.384 e. The number of pyridine rings is 1. The molecule has 1 aromatic heterocycles. The number of carbonyl (C=O) groups excluding carboxylic acids is 1. The van der Waals surface area contributed by atoms with E-state index in [4.69, 9.17) is 5.73 Å². The summed E-state index contributed by atoms with van der Waals surface area (Å²) < 4.78 is 22.8. The van der Waals surface area contributed by atoms with Crippen molar-refractivity contribution in [3.05, 3.63) is 48.0 Å². The van der Waals surface area contributed by atoms with Crippen molar-refractivity contribution in [1.82, 2.24) is 10.3 Å². The highest BCUT2D eigenvalue weighted by molar-refractivity contribution is 7.91. The highest BCUT2D eigenvalue weighted by atomic mass is 32.2. The molecule has 0 aliphatic heterocycles. The third-order valence-electron chi connectivity index (χ3n) is 3.35. The predicted octanol–water partition coefficient (Wildman–Crippen LogP) is 1.50. The van der Waals surface area contributed by atoms with Gasteiger partial charge in [-0.2, -0.15) is 0 Å². The standard InChI is InChI=1S/C16H19N3O3S/c1-2-23(21,22)11-10-18-16(20)13-8-6-12(7-9-13)14-4-3-5-15(17)19-14/h3-9H,2,10-11H2,1H3,(H2,17,19)(H,18,20). The lowest BCUT2D eigenvalue weighted by molar-refractivity contribution is 0.0956. The molecule has 0 spiro atoms. The predicted molar refractivity (Wildman–Crippen MR) is 90.7 cm³/mol. The number of sulfone groups is 1. The zero-order chi connectivity index (χ0) is 16.9. The van der Waals surface area contributed by atoms with Crippen molar-refractivity contribution in [2.75, 3.05) is 23.8 Å². The summed E-state index contributed by atoms with van der Waals surface area (Å²) >= 11 is 0. The molecule has 0 aliphatic carbocycles. The summed E-state index contributed by atoms with van der Waals surface area (Å²) in [6.45, 7) is 1.69. The number of nitrogens with two attached hydrogens (primary N) is 1. The Morgan fingerprint density at radius 3 is 2.48 bits per heavy atom. The molecular weight excluding hydrogens is 314 g/mol. The molecule has 0 fully saturated rings. The monoisotopic (exact) mass is 333 g/mol. The number of hydrogen-bond donors (Lipinski definition) is 2. The van der Waals surface area contributed by atoms with Gasteiger partial charge in [-0.25, -0.2) is 13.4 Å². The van der Waals surface area contributed by atoms with Crippen LogP contribution in [0.1, 0.15) is 17.3 Å². The number of nitrogens with one attached hydrogen (secondary N) is 1. The smallest absolute Gasteiger partial charge is 0.251 e. The van der Waals surface area contributed by atoms with Crippen LogP contribution in [0, 0.1) is 0 Å². The van der Waals surface area contributed by atoms with Crippen LogP contribution in [-0.2, 0) is 9.84 Å². The van der Waals surface area contributed by atoms with Crippen LogP contribution < -0.4 is 11.1 Å². The summed E-state index contributed by atoms with van der Waals surface area (Å²) in [7, 11) is -3.08. The first kappa shape index (κ1) is 17.0. The van der Waals surface area contributed by atoms with Crippen molar-refractivity contribution in [3.63, 3.8) is 0 Å². The molecule has 0 radical (unpaired) electrons. The lowest BCUT2D eigenvalue weighted by Crippen LogP contribution is -2.29. The molecule has 2 aromatic rings. The molecule has 0 bridgehead atoms. The quantitative estimate of drug-likeness (QED) is 0.834. The normalized spacial score (nSPS) is 11.2. The Labute approximate surface area is 135 Å². The number of carbonyl (C=O) groups is 1. The van der Waals surface area contributed by atoms with Gasteiger partial charge in [0.25, 0.3) is 5.91 Å². The van der Waals surface area contributed by atoms with Crippen molar-refractivity contribution in [3.8, 4) is 11.3 Å². The van der Waals surface area contributed by atoms with Crippen LogP contribution in [0.3, 0.4) is 0 Å². The average Bonchev–Trinajstić information content (AvgIpc) is 2.55. The van der Waals surface area contributed by atoms with Gasteiger partial charge in [-0.1, -0.05) is 25.1 Å². The molecule has 0 unspecified atom stereocenters. The Morgan fingerprint density at radius 1 is 1.17 bits per heavy atom. The molecule has 1 aromatic carbocycles. The third-order valence-corrected chi connectivity index (χ3v) is 5.06. The van der Waals surface area contributed by atoms with E-state index in [0.717, 1.165) is 11.3 Å². The molecule has 0 saturated heterocycles. The first-order valence-corrected chi connectivity index (χ1v) is 9.05. The number of nitrogens with zero attached hydrogens (tertiary/aromatic N) is 1. The van der Waals surface area contributed by atoms with E-state index in [9.17, 15) is 13.2 Å². The maximum Gasteiger partial charge on any atom is 0.251 e. The van der Waals surface area contributed by atoms with E-state index in [1.807, 2.05) is 12.1 Å². The first-order chi connectivity index (χ1) is 10.9. The summed E-state index contributed by atoms with van der Waals surface area (Å²) in [4.78, 5) is 16.2. The van der Waals surface area contributed by atoms with Gasteiger partial charge in [-0.3, -0.25) is 4.79 Å². The topological polar surface area (TPSA) is 102 Å². The van der Waals surface area contributed by atoms with Gasteiger partial charge < -0.3 is 11.1 Å². The van der Waals surface area contributed by atoms with Gasteiger partial charge in [0.2, 0.25) is 0 Å². The van der Waals surface area contributed by atoms with Gasteiger partial charge in [0.15, 0.2) is 9.84 Å². The van der Waals surface area contributed by atoms with E-state index < -0.39 is 9.84 Å². The number of benzene rings is 1. The summed E-state index contributed by atoms with van der Waals surface area (Å²) in [5.74, 6) is 0.149. The maximum absolute atomic E-state index is 12.0. The van der Waals surface area contributed by atoms with Crippen LogP contribution in [0.25, 0.3) is 11.3 Å². The maximum atomic E-state index is 12.0. The van der Waals surface area contributed by atoms with Gasteiger partial charge in [-0.15, -0.1) is 0 Å². The van der Waals surface area contributed by atoms with Crippen LogP contribution in [0.4, 0.5) is 5.82 Å². The summed E-state index contributed by atoms with van der Waals surface area (Å²) in [6.07, 6.45) is 0. The van der Waals surface area contributed by atoms with Crippen LogP contribution in [0.2, 0.25) is 0 Å². The minimum Gasteiger partial charge on any atom is -0.384 e. The summed E-state index contributed by atoms with van der Waals surface area (Å²) in [5.41, 5.74) is 7.69. The SMILES string of the molecule is CCS(=O)(=O)CCNC(=O)c1ccc(-c2cccc(N)n2)cc1. The fraction of sp³-hybridized carbons (Fsp3) is 0.250. The second kappa shape index (κ2) is 7.23. The second-order valence-corrected chi connectivity index (χ2v) is 7.49. The number of hydrogen-bond acceptors (Lipinski definition) is 5. The molecule has 122 valence electrons. The fourth-order valence-corrected chi connectivity index (χ4v) is 2.67. The zero-order valence-corrected chi connectivity index (χ0v) is 13.6. The number of aromatic nitrogens is 1. The first-order valence-electron chi connectivity index (χ1n) is 7.23. The highest BCUT2D eigenvalue weighted by Crippen LogP contribution is 2.18. The minimum atomic E-state index is -3.08. The molecule has 0 saturated carbocycles. The van der Waals surface area contributed by atoms with Crippen molar-refractivity contribution >= 4 is 21.6 Å². The van der Waals surface area contributed by atoms with Crippen LogP contribution in [-0.4, -0.2) is 37.4 Å². The molecule has 3 N–H and O–H groups in total. The number of anilines is 1.